The maximum atomic E-state index is 17.4. The standard InChI is InChI=1S/C48H51F2NO9/c1-2-55-46(52)40(51-47(53)59-33-39-26-16-7-17-27-39)28-48(49,50)45-44(58-32-38-24-14-6-15-25-38)43(57-31-37-22-12-5-13-23-37)42(56-30-36-20-10-4-11-21-36)41(60-45)34-54-29-35-18-8-3-9-19-35/h3-27,40-45H,2,28-34H2,1H3,(H,51,53)/t40?,41-,42+,43+,44-,45-/m1/s1. The smallest absolute Gasteiger partial charge is 0.408 e. The van der Waals surface area contributed by atoms with E-state index in [-0.39, 0.29) is 46.2 Å². The second-order valence-corrected chi connectivity index (χ2v) is 14.4. The number of alkyl carbamates (subject to hydrolysis) is 1. The van der Waals surface area contributed by atoms with Crippen LogP contribution >= 0.6 is 0 Å². The molecule has 1 heterocycles. The van der Waals surface area contributed by atoms with E-state index in [0.29, 0.717) is 5.56 Å². The van der Waals surface area contributed by atoms with Gasteiger partial charge in [-0.3, -0.25) is 0 Å². The number of nitrogens with one attached hydrogen (secondary N) is 1. The minimum absolute atomic E-state index is 0.0397. The Labute approximate surface area is 349 Å². The van der Waals surface area contributed by atoms with E-state index < -0.39 is 61.0 Å². The summed E-state index contributed by atoms with van der Waals surface area (Å²) < 4.78 is 77.5. The Bertz CT molecular complexity index is 2000. The van der Waals surface area contributed by atoms with E-state index in [1.165, 1.54) is 0 Å². The number of esters is 1. The van der Waals surface area contributed by atoms with E-state index in [2.05, 4.69) is 5.32 Å². The number of halogens is 2. The second-order valence-electron chi connectivity index (χ2n) is 14.4. The SMILES string of the molecule is CCOC(=O)C(CC(F)(F)[C@@H]1O[C@H](COCc2ccccc2)[C@H](OCc2ccccc2)[C@H](OCc2ccccc2)[C@H]1OCc1ccccc1)NC(=O)OCc1ccccc1. The van der Waals surface area contributed by atoms with Crippen molar-refractivity contribution in [1.29, 1.82) is 0 Å². The van der Waals surface area contributed by atoms with Crippen LogP contribution in [-0.4, -0.2) is 67.8 Å². The van der Waals surface area contributed by atoms with Crippen LogP contribution in [0.4, 0.5) is 13.6 Å². The quantitative estimate of drug-likeness (QED) is 0.0728. The van der Waals surface area contributed by atoms with Crippen LogP contribution in [0, 0.1) is 0 Å². The number of rotatable bonds is 21. The molecule has 1 saturated heterocycles. The second kappa shape index (κ2) is 22.8. The normalized spacial score (nSPS) is 19.6. The van der Waals surface area contributed by atoms with Crippen LogP contribution in [0.2, 0.25) is 0 Å². The lowest BCUT2D eigenvalue weighted by Crippen LogP contribution is -2.66. The Kier molecular flexibility index (Phi) is 16.7. The van der Waals surface area contributed by atoms with Gasteiger partial charge in [-0.05, 0) is 34.7 Å². The monoisotopic (exact) mass is 823 g/mol. The first-order chi connectivity index (χ1) is 29.3. The topological polar surface area (TPSA) is 111 Å². The van der Waals surface area contributed by atoms with Gasteiger partial charge in [-0.25, -0.2) is 18.4 Å². The summed E-state index contributed by atoms with van der Waals surface area (Å²) in [5.41, 5.74) is 3.92. The summed E-state index contributed by atoms with van der Waals surface area (Å²) >= 11 is 0. The Morgan fingerprint density at radius 3 is 1.47 bits per heavy atom. The molecule has 0 aliphatic carbocycles. The van der Waals surface area contributed by atoms with Crippen molar-refractivity contribution in [3.8, 4) is 0 Å². The predicted octanol–water partition coefficient (Wildman–Crippen LogP) is 8.61. The number of amides is 1. The average Bonchev–Trinajstić information content (AvgIpc) is 3.28. The zero-order valence-electron chi connectivity index (χ0n) is 33.5. The Morgan fingerprint density at radius 1 is 0.583 bits per heavy atom. The molecule has 6 atom stereocenters. The Balaban J connectivity index is 1.34. The summed E-state index contributed by atoms with van der Waals surface area (Å²) in [5, 5.41) is 2.32. The molecule has 5 aromatic carbocycles. The van der Waals surface area contributed by atoms with Crippen LogP contribution in [0.3, 0.4) is 0 Å². The summed E-state index contributed by atoms with van der Waals surface area (Å²) in [6.45, 7) is 1.40. The first-order valence-corrected chi connectivity index (χ1v) is 20.0. The van der Waals surface area contributed by atoms with Crippen molar-refractivity contribution in [2.45, 2.75) is 88.9 Å². The van der Waals surface area contributed by atoms with Crippen molar-refractivity contribution >= 4 is 12.1 Å². The molecule has 0 saturated carbocycles. The highest BCUT2D eigenvalue weighted by molar-refractivity contribution is 5.81. The Morgan fingerprint density at radius 2 is 1.00 bits per heavy atom. The molecular formula is C48H51F2NO9. The highest BCUT2D eigenvalue weighted by Crippen LogP contribution is 2.40. The van der Waals surface area contributed by atoms with E-state index in [4.69, 9.17) is 33.2 Å². The lowest BCUT2D eigenvalue weighted by Gasteiger charge is -2.48. The Hall–Kier alpha value is -5.50. The largest absolute Gasteiger partial charge is 0.464 e. The maximum Gasteiger partial charge on any atom is 0.408 e. The van der Waals surface area contributed by atoms with Crippen molar-refractivity contribution in [3.05, 3.63) is 179 Å². The van der Waals surface area contributed by atoms with E-state index >= 15 is 8.78 Å². The zero-order valence-corrected chi connectivity index (χ0v) is 33.5. The fraction of sp³-hybridized carbons (Fsp3) is 0.333. The van der Waals surface area contributed by atoms with Crippen molar-refractivity contribution in [1.82, 2.24) is 5.32 Å². The van der Waals surface area contributed by atoms with Crippen molar-refractivity contribution < 1.29 is 51.5 Å². The molecule has 1 unspecified atom stereocenters. The van der Waals surface area contributed by atoms with E-state index in [1.807, 2.05) is 127 Å². The first kappa shape index (κ1) is 44.1. The molecule has 316 valence electrons. The number of hydrogen-bond donors (Lipinski definition) is 1. The molecule has 12 heteroatoms. The van der Waals surface area contributed by atoms with Gasteiger partial charge in [0.2, 0.25) is 0 Å². The van der Waals surface area contributed by atoms with Crippen molar-refractivity contribution in [3.63, 3.8) is 0 Å². The highest BCUT2D eigenvalue weighted by atomic mass is 19.3. The molecule has 1 amide bonds. The molecule has 1 fully saturated rings. The van der Waals surface area contributed by atoms with E-state index in [1.54, 1.807) is 31.2 Å². The van der Waals surface area contributed by atoms with Gasteiger partial charge in [0.25, 0.3) is 5.92 Å². The van der Waals surface area contributed by atoms with Gasteiger partial charge >= 0.3 is 12.1 Å². The molecule has 0 radical (unpaired) electrons. The minimum atomic E-state index is -3.85. The molecule has 1 aliphatic heterocycles. The summed E-state index contributed by atoms with van der Waals surface area (Å²) in [4.78, 5) is 26.3. The molecule has 0 aromatic heterocycles. The van der Waals surface area contributed by atoms with E-state index in [9.17, 15) is 9.59 Å². The first-order valence-electron chi connectivity index (χ1n) is 20.0. The van der Waals surface area contributed by atoms with Crippen molar-refractivity contribution in [2.24, 2.45) is 0 Å². The van der Waals surface area contributed by atoms with Gasteiger partial charge in [0.1, 0.15) is 37.1 Å². The molecule has 6 rings (SSSR count). The lowest BCUT2D eigenvalue weighted by molar-refractivity contribution is -0.311. The fourth-order valence-electron chi connectivity index (χ4n) is 6.86. The van der Waals surface area contributed by atoms with Gasteiger partial charge in [-0.1, -0.05) is 152 Å². The van der Waals surface area contributed by atoms with Gasteiger partial charge in [-0.2, -0.15) is 0 Å². The minimum Gasteiger partial charge on any atom is -0.464 e. The fourth-order valence-corrected chi connectivity index (χ4v) is 6.86. The number of ether oxygens (including phenoxy) is 7. The summed E-state index contributed by atoms with van der Waals surface area (Å²) in [7, 11) is 0. The third kappa shape index (κ3) is 13.3. The van der Waals surface area contributed by atoms with Gasteiger partial charge in [0.05, 0.1) is 39.6 Å². The summed E-state index contributed by atoms with van der Waals surface area (Å²) in [6.07, 6.45) is -8.97. The molecular weight excluding hydrogens is 773 g/mol. The third-order valence-electron chi connectivity index (χ3n) is 9.85. The maximum absolute atomic E-state index is 17.4. The number of carbonyl (C=O) groups is 2. The highest BCUT2D eigenvalue weighted by Gasteiger charge is 2.58. The number of carbonyl (C=O) groups excluding carboxylic acids is 2. The van der Waals surface area contributed by atoms with Crippen LogP contribution in [-0.2, 0) is 71.0 Å². The lowest BCUT2D eigenvalue weighted by atomic mass is 9.88. The number of alkyl halides is 2. The van der Waals surface area contributed by atoms with Gasteiger partial charge in [0.15, 0.2) is 6.10 Å². The van der Waals surface area contributed by atoms with Gasteiger partial charge < -0.3 is 38.5 Å². The average molecular weight is 824 g/mol. The molecule has 5 aromatic rings. The van der Waals surface area contributed by atoms with Crippen LogP contribution < -0.4 is 5.32 Å². The summed E-state index contributed by atoms with van der Waals surface area (Å²) in [6, 6.07) is 44.4. The van der Waals surface area contributed by atoms with Crippen LogP contribution in [0.15, 0.2) is 152 Å². The molecule has 1 aliphatic rings. The number of benzene rings is 5. The van der Waals surface area contributed by atoms with Gasteiger partial charge in [-0.15, -0.1) is 0 Å². The molecule has 0 spiro atoms. The molecule has 10 nitrogen and oxygen atoms in total. The zero-order chi connectivity index (χ0) is 42.0. The van der Waals surface area contributed by atoms with Crippen LogP contribution in [0.25, 0.3) is 0 Å². The molecule has 0 bridgehead atoms. The summed E-state index contributed by atoms with van der Waals surface area (Å²) in [5.74, 6) is -4.91. The molecule has 60 heavy (non-hydrogen) atoms. The van der Waals surface area contributed by atoms with Gasteiger partial charge in [0, 0.05) is 6.42 Å². The third-order valence-corrected chi connectivity index (χ3v) is 9.85. The number of hydrogen-bond acceptors (Lipinski definition) is 9. The molecule has 1 N–H and O–H groups in total. The van der Waals surface area contributed by atoms with Crippen LogP contribution in [0.5, 0.6) is 0 Å². The predicted molar refractivity (Wildman–Crippen MR) is 220 cm³/mol. The van der Waals surface area contributed by atoms with Crippen LogP contribution in [0.1, 0.15) is 41.2 Å². The van der Waals surface area contributed by atoms with Crippen molar-refractivity contribution in [2.75, 3.05) is 13.2 Å². The van der Waals surface area contributed by atoms with E-state index in [0.717, 1.165) is 22.3 Å².